The minimum absolute atomic E-state index is 0.0420. The van der Waals surface area contributed by atoms with Crippen LogP contribution in [0.4, 0.5) is 4.39 Å². The Morgan fingerprint density at radius 1 is 1.14 bits per heavy atom. The molecule has 1 aromatic heterocycles. The first-order valence-electron chi connectivity index (χ1n) is 12.4. The van der Waals surface area contributed by atoms with E-state index in [4.69, 9.17) is 16.6 Å². The number of benzene rings is 2. The summed E-state index contributed by atoms with van der Waals surface area (Å²) >= 11 is 6.23. The van der Waals surface area contributed by atoms with Gasteiger partial charge in [-0.25, -0.2) is 9.37 Å². The number of aliphatic hydroxyl groups is 2. The SMILES string of the molecule is CCC(O)CC(O)CCn1c(-c2ccc(F)cc2)nc(C(=O)NCc2ccc(C)c(Cl)c2)c1C(C)C. The van der Waals surface area contributed by atoms with Crippen LogP contribution in [-0.4, -0.2) is 37.9 Å². The van der Waals surface area contributed by atoms with Gasteiger partial charge in [0.1, 0.15) is 17.3 Å². The van der Waals surface area contributed by atoms with Crippen molar-refractivity contribution in [1.29, 1.82) is 0 Å². The minimum atomic E-state index is -0.702. The Morgan fingerprint density at radius 2 is 1.83 bits per heavy atom. The third-order valence-corrected chi connectivity index (χ3v) is 6.67. The van der Waals surface area contributed by atoms with Crippen LogP contribution in [0.15, 0.2) is 42.5 Å². The number of imidazole rings is 1. The number of hydrogen-bond acceptors (Lipinski definition) is 4. The lowest BCUT2D eigenvalue weighted by atomic mass is 10.1. The molecule has 194 valence electrons. The van der Waals surface area contributed by atoms with Gasteiger partial charge in [-0.3, -0.25) is 4.79 Å². The Balaban J connectivity index is 1.94. The summed E-state index contributed by atoms with van der Waals surface area (Å²) in [6.07, 6.45) is -0.0471. The summed E-state index contributed by atoms with van der Waals surface area (Å²) in [4.78, 5) is 18.0. The van der Waals surface area contributed by atoms with Gasteiger partial charge in [-0.05, 0) is 73.6 Å². The van der Waals surface area contributed by atoms with Gasteiger partial charge in [0.15, 0.2) is 0 Å². The number of rotatable bonds is 11. The number of aryl methyl sites for hydroxylation is 1. The molecule has 0 saturated carbocycles. The summed E-state index contributed by atoms with van der Waals surface area (Å²) in [6, 6.07) is 11.6. The molecule has 0 bridgehead atoms. The van der Waals surface area contributed by atoms with E-state index in [0.717, 1.165) is 16.8 Å². The molecule has 3 N–H and O–H groups in total. The van der Waals surface area contributed by atoms with E-state index in [1.165, 1.54) is 12.1 Å². The highest BCUT2D eigenvalue weighted by atomic mass is 35.5. The molecule has 3 rings (SSSR count). The van der Waals surface area contributed by atoms with Gasteiger partial charge in [0.05, 0.1) is 17.9 Å². The summed E-state index contributed by atoms with van der Waals surface area (Å²) in [5, 5.41) is 24.0. The lowest BCUT2D eigenvalue weighted by molar-refractivity contribution is 0.0711. The van der Waals surface area contributed by atoms with E-state index >= 15 is 0 Å². The number of aliphatic hydroxyl groups excluding tert-OH is 2. The molecule has 0 aliphatic rings. The third-order valence-electron chi connectivity index (χ3n) is 6.26. The maximum Gasteiger partial charge on any atom is 0.272 e. The van der Waals surface area contributed by atoms with Gasteiger partial charge in [0.25, 0.3) is 5.91 Å². The van der Waals surface area contributed by atoms with Crippen molar-refractivity contribution in [2.24, 2.45) is 0 Å². The Hall–Kier alpha value is -2.74. The zero-order chi connectivity index (χ0) is 26.4. The largest absolute Gasteiger partial charge is 0.393 e. The second-order valence-electron chi connectivity index (χ2n) is 9.49. The molecule has 0 radical (unpaired) electrons. The number of nitrogens with one attached hydrogen (secondary N) is 1. The first-order valence-corrected chi connectivity index (χ1v) is 12.7. The molecule has 8 heteroatoms. The normalized spacial score (nSPS) is 13.1. The molecule has 3 aromatic rings. The first kappa shape index (κ1) is 27.8. The molecule has 0 saturated heterocycles. The Kier molecular flexibility index (Phi) is 9.65. The van der Waals surface area contributed by atoms with Crippen molar-refractivity contribution < 1.29 is 19.4 Å². The van der Waals surface area contributed by atoms with Crippen LogP contribution in [0.3, 0.4) is 0 Å². The van der Waals surface area contributed by atoms with E-state index in [9.17, 15) is 19.4 Å². The average Bonchev–Trinajstić information content (AvgIpc) is 3.23. The second-order valence-corrected chi connectivity index (χ2v) is 9.90. The highest BCUT2D eigenvalue weighted by Crippen LogP contribution is 2.29. The van der Waals surface area contributed by atoms with Crippen LogP contribution < -0.4 is 5.32 Å². The fraction of sp³-hybridized carbons (Fsp3) is 0.429. The van der Waals surface area contributed by atoms with E-state index in [1.807, 2.05) is 50.5 Å². The molecular weight excluding hydrogens is 481 g/mol. The summed E-state index contributed by atoms with van der Waals surface area (Å²) in [5.74, 6) is -0.191. The molecule has 0 fully saturated rings. The molecule has 0 aliphatic heterocycles. The van der Waals surface area contributed by atoms with E-state index < -0.39 is 12.2 Å². The van der Waals surface area contributed by atoms with Crippen molar-refractivity contribution in [2.45, 2.75) is 78.2 Å². The summed E-state index contributed by atoms with van der Waals surface area (Å²) in [7, 11) is 0. The first-order chi connectivity index (χ1) is 17.1. The van der Waals surface area contributed by atoms with Gasteiger partial charge in [-0.2, -0.15) is 0 Å². The van der Waals surface area contributed by atoms with Gasteiger partial charge in [-0.1, -0.05) is 44.5 Å². The molecule has 1 heterocycles. The van der Waals surface area contributed by atoms with Crippen molar-refractivity contribution in [2.75, 3.05) is 0 Å². The van der Waals surface area contributed by atoms with Crippen LogP contribution in [0.1, 0.15) is 73.3 Å². The van der Waals surface area contributed by atoms with Gasteiger partial charge >= 0.3 is 0 Å². The second kappa shape index (κ2) is 12.5. The van der Waals surface area contributed by atoms with Crippen LogP contribution in [0.5, 0.6) is 0 Å². The lowest BCUT2D eigenvalue weighted by Gasteiger charge is -2.19. The van der Waals surface area contributed by atoms with Gasteiger partial charge in [-0.15, -0.1) is 0 Å². The Bertz CT molecular complexity index is 1180. The van der Waals surface area contributed by atoms with Crippen LogP contribution >= 0.6 is 11.6 Å². The molecule has 2 aromatic carbocycles. The third kappa shape index (κ3) is 6.93. The van der Waals surface area contributed by atoms with Crippen molar-refractivity contribution >= 4 is 17.5 Å². The number of nitrogens with zero attached hydrogens (tertiary/aromatic N) is 2. The minimum Gasteiger partial charge on any atom is -0.393 e. The molecule has 0 spiro atoms. The van der Waals surface area contributed by atoms with Crippen LogP contribution in [0.25, 0.3) is 11.4 Å². The maximum absolute atomic E-state index is 13.6. The average molecular weight is 516 g/mol. The monoisotopic (exact) mass is 515 g/mol. The predicted octanol–water partition coefficient (Wildman–Crippen LogP) is 5.62. The van der Waals surface area contributed by atoms with Gasteiger partial charge in [0.2, 0.25) is 0 Å². The van der Waals surface area contributed by atoms with Gasteiger partial charge < -0.3 is 20.1 Å². The quantitative estimate of drug-likeness (QED) is 0.309. The number of halogens is 2. The number of hydrogen-bond donors (Lipinski definition) is 3. The summed E-state index contributed by atoms with van der Waals surface area (Å²) in [5.41, 5.74) is 3.54. The number of carbonyl (C=O) groups is 1. The van der Waals surface area contributed by atoms with Crippen molar-refractivity contribution in [3.05, 3.63) is 75.8 Å². The van der Waals surface area contributed by atoms with Crippen molar-refractivity contribution in [3.8, 4) is 11.4 Å². The van der Waals surface area contributed by atoms with E-state index in [2.05, 4.69) is 5.32 Å². The fourth-order valence-corrected chi connectivity index (χ4v) is 4.36. The fourth-order valence-electron chi connectivity index (χ4n) is 4.15. The predicted molar refractivity (Wildman–Crippen MR) is 141 cm³/mol. The topological polar surface area (TPSA) is 87.4 Å². The van der Waals surface area contributed by atoms with Crippen LogP contribution in [0.2, 0.25) is 5.02 Å². The summed E-state index contributed by atoms with van der Waals surface area (Å²) < 4.78 is 15.5. The molecule has 1 amide bonds. The molecule has 36 heavy (non-hydrogen) atoms. The van der Waals surface area contributed by atoms with Crippen LogP contribution in [0, 0.1) is 12.7 Å². The highest BCUT2D eigenvalue weighted by Gasteiger charge is 2.26. The lowest BCUT2D eigenvalue weighted by Crippen LogP contribution is -2.25. The maximum atomic E-state index is 13.6. The Morgan fingerprint density at radius 3 is 2.44 bits per heavy atom. The standard InChI is InChI=1S/C28H35ClFN3O3/c1-5-22(34)15-23(35)12-13-33-26(17(2)3)25(32-27(33)20-8-10-21(30)11-9-20)28(36)31-16-19-7-6-18(4)24(29)14-19/h6-11,14,17,22-23,34-35H,5,12-13,15-16H2,1-4H3,(H,31,36). The van der Waals surface area contributed by atoms with Crippen LogP contribution in [-0.2, 0) is 13.1 Å². The number of carbonyl (C=O) groups excluding carboxylic acids is 1. The number of amides is 1. The Labute approximate surface area is 217 Å². The smallest absolute Gasteiger partial charge is 0.272 e. The highest BCUT2D eigenvalue weighted by molar-refractivity contribution is 6.31. The molecule has 0 aliphatic carbocycles. The van der Waals surface area contributed by atoms with E-state index in [-0.39, 0.29) is 24.1 Å². The molecule has 2 unspecified atom stereocenters. The summed E-state index contributed by atoms with van der Waals surface area (Å²) in [6.45, 7) is 8.44. The van der Waals surface area contributed by atoms with E-state index in [1.54, 1.807) is 12.1 Å². The molecule has 6 nitrogen and oxygen atoms in total. The number of aromatic nitrogens is 2. The van der Waals surface area contributed by atoms with Gasteiger partial charge in [0, 0.05) is 23.7 Å². The molecule has 2 atom stereocenters. The van der Waals surface area contributed by atoms with E-state index in [0.29, 0.717) is 48.0 Å². The zero-order valence-electron chi connectivity index (χ0n) is 21.3. The van der Waals surface area contributed by atoms with Crippen molar-refractivity contribution in [1.82, 2.24) is 14.9 Å². The molecular formula is C28H35ClFN3O3. The zero-order valence-corrected chi connectivity index (χ0v) is 22.0. The van der Waals surface area contributed by atoms with Crippen molar-refractivity contribution in [3.63, 3.8) is 0 Å².